The SMILES string of the molecule is CCCOC(=O)c1c(C)[nH]c(C(=O)OCC)c1-c1ccccc1. The fourth-order valence-electron chi connectivity index (χ4n) is 2.40. The molecule has 5 nitrogen and oxygen atoms in total. The van der Waals surface area contributed by atoms with Gasteiger partial charge in [-0.2, -0.15) is 0 Å². The summed E-state index contributed by atoms with van der Waals surface area (Å²) in [6, 6.07) is 9.29. The first-order chi connectivity index (χ1) is 11.1. The molecule has 2 aromatic rings. The molecule has 0 bridgehead atoms. The summed E-state index contributed by atoms with van der Waals surface area (Å²) in [5.41, 5.74) is 2.55. The molecular formula is C18H21NO4. The molecule has 0 aliphatic rings. The number of H-pyrrole nitrogens is 1. The maximum absolute atomic E-state index is 12.4. The smallest absolute Gasteiger partial charge is 0.355 e. The lowest BCUT2D eigenvalue weighted by Crippen LogP contribution is -2.09. The Labute approximate surface area is 135 Å². The zero-order chi connectivity index (χ0) is 16.8. The van der Waals surface area contributed by atoms with Gasteiger partial charge in [0.1, 0.15) is 5.69 Å². The van der Waals surface area contributed by atoms with Crippen LogP contribution in [-0.4, -0.2) is 30.1 Å². The van der Waals surface area contributed by atoms with Gasteiger partial charge in [0.2, 0.25) is 0 Å². The lowest BCUT2D eigenvalue weighted by Gasteiger charge is -2.08. The lowest BCUT2D eigenvalue weighted by atomic mass is 10.00. The molecule has 0 amide bonds. The van der Waals surface area contributed by atoms with Gasteiger partial charge in [0.25, 0.3) is 0 Å². The number of esters is 2. The van der Waals surface area contributed by atoms with E-state index < -0.39 is 11.9 Å². The highest BCUT2D eigenvalue weighted by molar-refractivity contribution is 6.06. The highest BCUT2D eigenvalue weighted by Crippen LogP contribution is 2.31. The fourth-order valence-corrected chi connectivity index (χ4v) is 2.40. The topological polar surface area (TPSA) is 68.4 Å². The van der Waals surface area contributed by atoms with Gasteiger partial charge in [-0.1, -0.05) is 37.3 Å². The largest absolute Gasteiger partial charge is 0.462 e. The summed E-state index contributed by atoms with van der Waals surface area (Å²) < 4.78 is 10.4. The maximum Gasteiger partial charge on any atom is 0.355 e. The average Bonchev–Trinajstić information content (AvgIpc) is 2.91. The molecule has 1 heterocycles. The third kappa shape index (κ3) is 3.62. The van der Waals surface area contributed by atoms with Crippen LogP contribution < -0.4 is 0 Å². The summed E-state index contributed by atoms with van der Waals surface area (Å²) >= 11 is 0. The van der Waals surface area contributed by atoms with Gasteiger partial charge in [-0.25, -0.2) is 9.59 Å². The summed E-state index contributed by atoms with van der Waals surface area (Å²) in [5, 5.41) is 0. The minimum Gasteiger partial charge on any atom is -0.462 e. The van der Waals surface area contributed by atoms with Gasteiger partial charge >= 0.3 is 11.9 Å². The Bertz CT molecular complexity index is 689. The van der Waals surface area contributed by atoms with E-state index in [0.717, 1.165) is 12.0 Å². The molecule has 1 aromatic carbocycles. The van der Waals surface area contributed by atoms with Crippen LogP contribution in [-0.2, 0) is 9.47 Å². The van der Waals surface area contributed by atoms with Crippen molar-refractivity contribution in [2.24, 2.45) is 0 Å². The van der Waals surface area contributed by atoms with Crippen LogP contribution in [0.5, 0.6) is 0 Å². The second-order valence-electron chi connectivity index (χ2n) is 5.10. The number of rotatable bonds is 6. The Morgan fingerprint density at radius 2 is 1.74 bits per heavy atom. The van der Waals surface area contributed by atoms with E-state index in [-0.39, 0.29) is 12.3 Å². The number of hydrogen-bond donors (Lipinski definition) is 1. The van der Waals surface area contributed by atoms with Crippen molar-refractivity contribution in [2.75, 3.05) is 13.2 Å². The van der Waals surface area contributed by atoms with Crippen LogP contribution in [0.3, 0.4) is 0 Å². The predicted molar refractivity (Wildman–Crippen MR) is 87.5 cm³/mol. The van der Waals surface area contributed by atoms with E-state index in [0.29, 0.717) is 23.4 Å². The van der Waals surface area contributed by atoms with Crippen LogP contribution in [0.2, 0.25) is 0 Å². The number of aromatic amines is 1. The number of ether oxygens (including phenoxy) is 2. The van der Waals surface area contributed by atoms with E-state index in [9.17, 15) is 9.59 Å². The van der Waals surface area contributed by atoms with Gasteiger partial charge in [0.15, 0.2) is 0 Å². The van der Waals surface area contributed by atoms with Crippen molar-refractivity contribution in [3.8, 4) is 11.1 Å². The lowest BCUT2D eigenvalue weighted by molar-refractivity contribution is 0.0504. The Morgan fingerprint density at radius 3 is 2.35 bits per heavy atom. The Kier molecular flexibility index (Phi) is 5.57. The first-order valence-corrected chi connectivity index (χ1v) is 7.72. The maximum atomic E-state index is 12.4. The molecule has 0 unspecified atom stereocenters. The minimum atomic E-state index is -0.482. The van der Waals surface area contributed by atoms with Gasteiger partial charge in [-0.15, -0.1) is 0 Å². The number of carbonyl (C=O) groups is 2. The molecule has 0 aliphatic heterocycles. The van der Waals surface area contributed by atoms with Crippen molar-refractivity contribution in [3.05, 3.63) is 47.3 Å². The Morgan fingerprint density at radius 1 is 1.04 bits per heavy atom. The van der Waals surface area contributed by atoms with Gasteiger partial charge in [-0.3, -0.25) is 0 Å². The first-order valence-electron chi connectivity index (χ1n) is 7.72. The average molecular weight is 315 g/mol. The van der Waals surface area contributed by atoms with Crippen molar-refractivity contribution in [2.45, 2.75) is 27.2 Å². The first kappa shape index (κ1) is 16.8. The molecule has 0 atom stereocenters. The highest BCUT2D eigenvalue weighted by atomic mass is 16.5. The van der Waals surface area contributed by atoms with Crippen molar-refractivity contribution in [3.63, 3.8) is 0 Å². The zero-order valence-electron chi connectivity index (χ0n) is 13.6. The highest BCUT2D eigenvalue weighted by Gasteiger charge is 2.27. The van der Waals surface area contributed by atoms with Crippen LogP contribution >= 0.6 is 0 Å². The molecule has 0 aliphatic carbocycles. The number of nitrogens with one attached hydrogen (secondary N) is 1. The van der Waals surface area contributed by atoms with Gasteiger partial charge in [0.05, 0.1) is 18.8 Å². The second-order valence-corrected chi connectivity index (χ2v) is 5.10. The van der Waals surface area contributed by atoms with E-state index in [1.807, 2.05) is 37.3 Å². The Hall–Kier alpha value is -2.56. The summed E-state index contributed by atoms with van der Waals surface area (Å²) in [6.07, 6.45) is 0.737. The van der Waals surface area contributed by atoms with E-state index in [2.05, 4.69) is 4.98 Å². The third-order valence-corrected chi connectivity index (χ3v) is 3.37. The van der Waals surface area contributed by atoms with Crippen molar-refractivity contribution >= 4 is 11.9 Å². The van der Waals surface area contributed by atoms with Crippen LogP contribution in [0.25, 0.3) is 11.1 Å². The van der Waals surface area contributed by atoms with Gasteiger partial charge in [-0.05, 0) is 25.8 Å². The molecule has 0 saturated carbocycles. The van der Waals surface area contributed by atoms with E-state index >= 15 is 0 Å². The zero-order valence-corrected chi connectivity index (χ0v) is 13.6. The second kappa shape index (κ2) is 7.63. The van der Waals surface area contributed by atoms with E-state index in [1.54, 1.807) is 13.8 Å². The molecule has 0 radical (unpaired) electrons. The van der Waals surface area contributed by atoms with Crippen molar-refractivity contribution in [1.29, 1.82) is 0 Å². The molecule has 1 N–H and O–H groups in total. The predicted octanol–water partition coefficient (Wildman–Crippen LogP) is 3.73. The van der Waals surface area contributed by atoms with Crippen molar-refractivity contribution < 1.29 is 19.1 Å². The molecular weight excluding hydrogens is 294 g/mol. The number of hydrogen-bond acceptors (Lipinski definition) is 4. The van der Waals surface area contributed by atoms with E-state index in [4.69, 9.17) is 9.47 Å². The molecule has 5 heteroatoms. The number of aryl methyl sites for hydroxylation is 1. The molecule has 0 fully saturated rings. The van der Waals surface area contributed by atoms with Crippen LogP contribution in [0, 0.1) is 6.92 Å². The molecule has 2 rings (SSSR count). The summed E-state index contributed by atoms with van der Waals surface area (Å²) in [6.45, 7) is 6.02. The number of benzene rings is 1. The summed E-state index contributed by atoms with van der Waals surface area (Å²) in [5.74, 6) is -0.918. The normalized spacial score (nSPS) is 10.4. The van der Waals surface area contributed by atoms with Crippen LogP contribution in [0.1, 0.15) is 46.8 Å². The summed E-state index contributed by atoms with van der Waals surface area (Å²) in [7, 11) is 0. The monoisotopic (exact) mass is 315 g/mol. The number of carbonyl (C=O) groups excluding carboxylic acids is 2. The fraction of sp³-hybridized carbons (Fsp3) is 0.333. The summed E-state index contributed by atoms with van der Waals surface area (Å²) in [4.78, 5) is 27.6. The van der Waals surface area contributed by atoms with Gasteiger partial charge in [0, 0.05) is 11.3 Å². The quantitative estimate of drug-likeness (QED) is 0.825. The van der Waals surface area contributed by atoms with Gasteiger partial charge < -0.3 is 14.5 Å². The van der Waals surface area contributed by atoms with Crippen molar-refractivity contribution in [1.82, 2.24) is 4.98 Å². The molecule has 122 valence electrons. The number of aromatic nitrogens is 1. The van der Waals surface area contributed by atoms with Crippen LogP contribution in [0.4, 0.5) is 0 Å². The Balaban J connectivity index is 2.57. The third-order valence-electron chi connectivity index (χ3n) is 3.37. The van der Waals surface area contributed by atoms with Crippen LogP contribution in [0.15, 0.2) is 30.3 Å². The van der Waals surface area contributed by atoms with E-state index in [1.165, 1.54) is 0 Å². The molecule has 0 spiro atoms. The molecule has 1 aromatic heterocycles. The molecule has 23 heavy (non-hydrogen) atoms. The standard InChI is InChI=1S/C18H21NO4/c1-4-11-23-17(20)14-12(3)19-16(18(21)22-5-2)15(14)13-9-7-6-8-10-13/h6-10,19H,4-5,11H2,1-3H3. The molecule has 0 saturated heterocycles. The minimum absolute atomic E-state index is 0.265.